The van der Waals surface area contributed by atoms with Crippen molar-refractivity contribution < 1.29 is 14.6 Å². The summed E-state index contributed by atoms with van der Waals surface area (Å²) in [4.78, 5) is 11.6. The summed E-state index contributed by atoms with van der Waals surface area (Å²) < 4.78 is 5.18. The van der Waals surface area contributed by atoms with Crippen molar-refractivity contribution in [2.24, 2.45) is 0 Å². The van der Waals surface area contributed by atoms with Crippen molar-refractivity contribution in [1.82, 2.24) is 0 Å². The van der Waals surface area contributed by atoms with Crippen molar-refractivity contribution in [3.63, 3.8) is 0 Å². The SMILES string of the molecule is CCCCCCCCCCCCOC(=O)C=Cc1ccc(O)cc1. The number of esters is 1. The van der Waals surface area contributed by atoms with E-state index in [-0.39, 0.29) is 11.7 Å². The predicted octanol–water partition coefficient (Wildman–Crippen LogP) is 5.87. The standard InChI is InChI=1S/C21H32O3/c1-2-3-4-5-6-7-8-9-10-11-18-24-21(23)17-14-19-12-15-20(22)16-13-19/h12-17,22H,2-11,18H2,1H3. The number of aromatic hydroxyl groups is 1. The van der Waals surface area contributed by atoms with E-state index in [0.29, 0.717) is 6.61 Å². The summed E-state index contributed by atoms with van der Waals surface area (Å²) in [6, 6.07) is 6.69. The molecule has 0 aliphatic carbocycles. The molecular formula is C21H32O3. The summed E-state index contributed by atoms with van der Waals surface area (Å²) in [5, 5.41) is 9.19. The smallest absolute Gasteiger partial charge is 0.330 e. The van der Waals surface area contributed by atoms with Crippen molar-refractivity contribution in [2.75, 3.05) is 6.61 Å². The van der Waals surface area contributed by atoms with Crippen LogP contribution in [0, 0.1) is 0 Å². The van der Waals surface area contributed by atoms with Gasteiger partial charge >= 0.3 is 5.97 Å². The van der Waals surface area contributed by atoms with Gasteiger partial charge in [0.25, 0.3) is 0 Å². The van der Waals surface area contributed by atoms with Crippen LogP contribution in [0.2, 0.25) is 0 Å². The number of hydrogen-bond acceptors (Lipinski definition) is 3. The third kappa shape index (κ3) is 10.9. The van der Waals surface area contributed by atoms with Crippen LogP contribution >= 0.6 is 0 Å². The molecule has 0 heterocycles. The van der Waals surface area contributed by atoms with Crippen LogP contribution in [0.25, 0.3) is 6.08 Å². The highest BCUT2D eigenvalue weighted by Gasteiger charge is 1.98. The van der Waals surface area contributed by atoms with Crippen molar-refractivity contribution >= 4 is 12.0 Å². The van der Waals surface area contributed by atoms with Crippen LogP contribution in [0.3, 0.4) is 0 Å². The summed E-state index contributed by atoms with van der Waals surface area (Å²) in [7, 11) is 0. The van der Waals surface area contributed by atoms with Crippen LogP contribution in [0.5, 0.6) is 5.75 Å². The van der Waals surface area contributed by atoms with Gasteiger partial charge in [-0.3, -0.25) is 0 Å². The molecule has 0 radical (unpaired) electrons. The number of benzene rings is 1. The van der Waals surface area contributed by atoms with Gasteiger partial charge in [-0.2, -0.15) is 0 Å². The highest BCUT2D eigenvalue weighted by molar-refractivity contribution is 5.87. The Balaban J connectivity index is 1.95. The van der Waals surface area contributed by atoms with Gasteiger partial charge in [-0.1, -0.05) is 76.8 Å². The Kier molecular flexibility index (Phi) is 11.5. The number of carbonyl (C=O) groups excluding carboxylic acids is 1. The van der Waals surface area contributed by atoms with E-state index in [2.05, 4.69) is 6.92 Å². The van der Waals surface area contributed by atoms with Gasteiger partial charge in [0.15, 0.2) is 0 Å². The van der Waals surface area contributed by atoms with E-state index >= 15 is 0 Å². The van der Waals surface area contributed by atoms with Crippen LogP contribution in [0.15, 0.2) is 30.3 Å². The predicted molar refractivity (Wildman–Crippen MR) is 99.9 cm³/mol. The highest BCUT2D eigenvalue weighted by Crippen LogP contribution is 2.12. The maximum absolute atomic E-state index is 11.6. The Labute approximate surface area is 146 Å². The summed E-state index contributed by atoms with van der Waals surface area (Å²) in [5.74, 6) is -0.0883. The van der Waals surface area contributed by atoms with Crippen LogP contribution in [0.1, 0.15) is 76.7 Å². The first kappa shape index (κ1) is 20.3. The Morgan fingerprint density at radius 2 is 1.46 bits per heavy atom. The van der Waals surface area contributed by atoms with Gasteiger partial charge in [-0.15, -0.1) is 0 Å². The zero-order valence-corrected chi connectivity index (χ0v) is 15.0. The van der Waals surface area contributed by atoms with Crippen molar-refractivity contribution in [1.29, 1.82) is 0 Å². The molecule has 3 nitrogen and oxygen atoms in total. The van der Waals surface area contributed by atoms with E-state index in [4.69, 9.17) is 4.74 Å². The van der Waals surface area contributed by atoms with Crippen LogP contribution < -0.4 is 0 Å². The molecule has 3 heteroatoms. The number of hydrogen-bond donors (Lipinski definition) is 1. The quantitative estimate of drug-likeness (QED) is 0.279. The lowest BCUT2D eigenvalue weighted by molar-refractivity contribution is -0.137. The molecule has 0 aliphatic heterocycles. The molecule has 0 aliphatic rings. The van der Waals surface area contributed by atoms with E-state index < -0.39 is 0 Å². The molecule has 0 saturated carbocycles. The second kappa shape index (κ2) is 13.6. The Bertz CT molecular complexity index is 462. The first-order valence-electron chi connectivity index (χ1n) is 9.36. The van der Waals surface area contributed by atoms with E-state index in [0.717, 1.165) is 18.4 Å². The van der Waals surface area contributed by atoms with Crippen molar-refractivity contribution in [3.8, 4) is 5.75 Å². The van der Waals surface area contributed by atoms with E-state index in [1.165, 1.54) is 57.4 Å². The van der Waals surface area contributed by atoms with Crippen LogP contribution in [-0.4, -0.2) is 17.7 Å². The summed E-state index contributed by atoms with van der Waals surface area (Å²) in [6.45, 7) is 2.74. The average Bonchev–Trinajstić information content (AvgIpc) is 2.59. The zero-order valence-electron chi connectivity index (χ0n) is 15.0. The molecular weight excluding hydrogens is 300 g/mol. The molecule has 1 aromatic carbocycles. The molecule has 0 fully saturated rings. The number of carbonyl (C=O) groups is 1. The lowest BCUT2D eigenvalue weighted by Gasteiger charge is -2.03. The van der Waals surface area contributed by atoms with E-state index in [1.54, 1.807) is 30.3 Å². The summed E-state index contributed by atoms with van der Waals surface area (Å²) in [6.07, 6.45) is 15.8. The Morgan fingerprint density at radius 1 is 0.917 bits per heavy atom. The monoisotopic (exact) mass is 332 g/mol. The van der Waals surface area contributed by atoms with Crippen LogP contribution in [-0.2, 0) is 9.53 Å². The minimum absolute atomic E-state index is 0.218. The minimum atomic E-state index is -0.306. The molecule has 24 heavy (non-hydrogen) atoms. The van der Waals surface area contributed by atoms with Gasteiger partial charge in [-0.25, -0.2) is 4.79 Å². The van der Waals surface area contributed by atoms with Gasteiger partial charge in [0, 0.05) is 6.08 Å². The molecule has 0 amide bonds. The van der Waals surface area contributed by atoms with Crippen molar-refractivity contribution in [2.45, 2.75) is 71.1 Å². The molecule has 0 atom stereocenters. The van der Waals surface area contributed by atoms with Gasteiger partial charge in [0.05, 0.1) is 6.61 Å². The molecule has 0 aromatic heterocycles. The van der Waals surface area contributed by atoms with Crippen molar-refractivity contribution in [3.05, 3.63) is 35.9 Å². The lowest BCUT2D eigenvalue weighted by Crippen LogP contribution is -2.02. The highest BCUT2D eigenvalue weighted by atomic mass is 16.5. The van der Waals surface area contributed by atoms with E-state index in [1.807, 2.05) is 0 Å². The molecule has 0 bridgehead atoms. The number of phenols is 1. The first-order chi connectivity index (χ1) is 11.7. The largest absolute Gasteiger partial charge is 0.508 e. The molecule has 1 N–H and O–H groups in total. The van der Waals surface area contributed by atoms with Gasteiger partial charge in [-0.05, 0) is 30.2 Å². The molecule has 134 valence electrons. The second-order valence-corrected chi connectivity index (χ2v) is 6.27. The Hall–Kier alpha value is -1.77. The van der Waals surface area contributed by atoms with Gasteiger partial charge < -0.3 is 9.84 Å². The molecule has 0 saturated heterocycles. The summed E-state index contributed by atoms with van der Waals surface area (Å²) >= 11 is 0. The second-order valence-electron chi connectivity index (χ2n) is 6.27. The summed E-state index contributed by atoms with van der Waals surface area (Å²) in [5.41, 5.74) is 0.865. The zero-order chi connectivity index (χ0) is 17.5. The fourth-order valence-corrected chi connectivity index (χ4v) is 2.56. The topological polar surface area (TPSA) is 46.5 Å². The fourth-order valence-electron chi connectivity index (χ4n) is 2.56. The minimum Gasteiger partial charge on any atom is -0.508 e. The number of ether oxygens (including phenoxy) is 1. The molecule has 1 rings (SSSR count). The lowest BCUT2D eigenvalue weighted by atomic mass is 10.1. The molecule has 0 unspecified atom stereocenters. The van der Waals surface area contributed by atoms with Gasteiger partial charge in [0.1, 0.15) is 5.75 Å². The van der Waals surface area contributed by atoms with Gasteiger partial charge in [0.2, 0.25) is 0 Å². The maximum atomic E-state index is 11.6. The molecule has 1 aromatic rings. The third-order valence-electron chi connectivity index (χ3n) is 4.05. The van der Waals surface area contributed by atoms with E-state index in [9.17, 15) is 9.90 Å². The third-order valence-corrected chi connectivity index (χ3v) is 4.05. The maximum Gasteiger partial charge on any atom is 0.330 e. The fraction of sp³-hybridized carbons (Fsp3) is 0.571. The average molecular weight is 332 g/mol. The first-order valence-corrected chi connectivity index (χ1v) is 9.36. The number of unbranched alkanes of at least 4 members (excludes halogenated alkanes) is 9. The molecule has 0 spiro atoms. The number of rotatable bonds is 13. The Morgan fingerprint density at radius 3 is 2.04 bits per heavy atom. The van der Waals surface area contributed by atoms with Crippen LogP contribution in [0.4, 0.5) is 0 Å². The number of phenolic OH excluding ortho intramolecular Hbond substituents is 1. The normalized spacial score (nSPS) is 11.0.